The minimum atomic E-state index is 0.524. The monoisotopic (exact) mass is 864 g/mol. The van der Waals surface area contributed by atoms with Crippen LogP contribution >= 0.6 is 0 Å². The normalized spacial score (nSPS) is 12.1. The van der Waals surface area contributed by atoms with Crippen LogP contribution in [0.3, 0.4) is 0 Å². The van der Waals surface area contributed by atoms with E-state index < -0.39 is 0 Å². The lowest BCUT2D eigenvalue weighted by atomic mass is 9.96. The van der Waals surface area contributed by atoms with Gasteiger partial charge in [0.25, 0.3) is 0 Å². The third kappa shape index (κ3) is 5.41. The number of nitrogens with zero attached hydrogens (tertiary/aromatic N) is 4. The molecule has 5 nitrogen and oxygen atoms in total. The maximum atomic E-state index is 7.07. The molecule has 12 aromatic carbocycles. The molecule has 0 atom stereocenters. The highest BCUT2D eigenvalue weighted by atomic mass is 16.3. The molecule has 314 valence electrons. The van der Waals surface area contributed by atoms with Crippen LogP contribution in [0, 0.1) is 0 Å². The van der Waals surface area contributed by atoms with Gasteiger partial charge in [-0.3, -0.25) is 0 Å². The van der Waals surface area contributed by atoms with Crippen LogP contribution in [0.25, 0.3) is 148 Å². The molecule has 0 amide bonds. The highest BCUT2D eigenvalue weighted by Crippen LogP contribution is 2.45. The van der Waals surface area contributed by atoms with Crippen molar-refractivity contribution < 1.29 is 4.42 Å². The third-order valence-corrected chi connectivity index (χ3v) is 14.1. The number of hydrogen-bond acceptors (Lipinski definition) is 4. The molecule has 0 spiro atoms. The Morgan fingerprint density at radius 1 is 0.294 bits per heavy atom. The molecule has 0 aliphatic rings. The number of rotatable bonds is 4. The smallest absolute Gasteiger partial charge is 0.170 e. The first kappa shape index (κ1) is 37.1. The predicted molar refractivity (Wildman–Crippen MR) is 283 cm³/mol. The number of benzene rings is 12. The summed E-state index contributed by atoms with van der Waals surface area (Å²) in [6.07, 6.45) is 0. The van der Waals surface area contributed by atoms with Gasteiger partial charge in [0.1, 0.15) is 11.2 Å². The van der Waals surface area contributed by atoms with Crippen LogP contribution in [0.1, 0.15) is 0 Å². The highest BCUT2D eigenvalue weighted by Gasteiger charge is 2.26. The Hall–Kier alpha value is -9.19. The van der Waals surface area contributed by atoms with E-state index in [1.165, 1.54) is 32.3 Å². The van der Waals surface area contributed by atoms with E-state index in [1.54, 1.807) is 0 Å². The lowest BCUT2D eigenvalue weighted by Gasteiger charge is -2.17. The summed E-state index contributed by atoms with van der Waals surface area (Å²) in [5, 5.41) is 18.1. The molecule has 0 bridgehead atoms. The van der Waals surface area contributed by atoms with Crippen molar-refractivity contribution in [3.8, 4) is 39.9 Å². The lowest BCUT2D eigenvalue weighted by Crippen LogP contribution is -2.05. The van der Waals surface area contributed by atoms with Crippen molar-refractivity contribution in [1.82, 2.24) is 19.5 Å². The van der Waals surface area contributed by atoms with E-state index in [9.17, 15) is 0 Å². The number of furan rings is 1. The second-order valence-electron chi connectivity index (χ2n) is 17.9. The van der Waals surface area contributed by atoms with Gasteiger partial charge >= 0.3 is 0 Å². The Kier molecular flexibility index (Phi) is 7.72. The van der Waals surface area contributed by atoms with Crippen LogP contribution < -0.4 is 0 Å². The number of hydrogen-bond donors (Lipinski definition) is 0. The summed E-state index contributed by atoms with van der Waals surface area (Å²) < 4.78 is 9.48. The summed E-state index contributed by atoms with van der Waals surface area (Å²) in [4.78, 5) is 16.8. The van der Waals surface area contributed by atoms with Crippen molar-refractivity contribution in [3.63, 3.8) is 0 Å². The van der Waals surface area contributed by atoms with E-state index in [0.29, 0.717) is 17.5 Å². The number of para-hydroxylation sites is 1. The van der Waals surface area contributed by atoms with Crippen molar-refractivity contribution in [2.45, 2.75) is 0 Å². The van der Waals surface area contributed by atoms with Gasteiger partial charge in [0.15, 0.2) is 17.5 Å². The van der Waals surface area contributed by atoms with Crippen molar-refractivity contribution in [3.05, 3.63) is 218 Å². The Balaban J connectivity index is 1.12. The van der Waals surface area contributed by atoms with Crippen LogP contribution in [-0.4, -0.2) is 19.5 Å². The van der Waals surface area contributed by atoms with Crippen molar-refractivity contribution in [2.75, 3.05) is 0 Å². The van der Waals surface area contributed by atoms with Crippen molar-refractivity contribution >= 4 is 108 Å². The molecular formula is C63H36N4O. The molecule has 0 aliphatic heterocycles. The lowest BCUT2D eigenvalue weighted by molar-refractivity contribution is 0.669. The van der Waals surface area contributed by atoms with E-state index in [2.05, 4.69) is 211 Å². The quantitative estimate of drug-likeness (QED) is 0.165. The van der Waals surface area contributed by atoms with Gasteiger partial charge in [-0.1, -0.05) is 164 Å². The van der Waals surface area contributed by atoms with E-state index in [0.717, 1.165) is 98.4 Å². The summed E-state index contributed by atoms with van der Waals surface area (Å²) in [7, 11) is 0. The van der Waals surface area contributed by atoms with E-state index in [4.69, 9.17) is 19.4 Å². The summed E-state index contributed by atoms with van der Waals surface area (Å²) in [5.74, 6) is 1.70. The van der Waals surface area contributed by atoms with E-state index in [-0.39, 0.29) is 0 Å². The molecule has 0 radical (unpaired) electrons. The highest BCUT2D eigenvalue weighted by molar-refractivity contribution is 6.19. The molecule has 3 aromatic heterocycles. The summed E-state index contributed by atoms with van der Waals surface area (Å²) in [5.41, 5.74) is 7.26. The van der Waals surface area contributed by atoms with Crippen LogP contribution in [0.5, 0.6) is 0 Å². The molecule has 0 saturated carbocycles. The first-order chi connectivity index (χ1) is 33.7. The van der Waals surface area contributed by atoms with Crippen molar-refractivity contribution in [2.24, 2.45) is 0 Å². The molecule has 68 heavy (non-hydrogen) atoms. The Morgan fingerprint density at radius 3 is 1.24 bits per heavy atom. The SMILES string of the molecule is c1ccc2cc3c(cc2c1)c1cc2ccccc2cc1n3-c1ccc2c(oc3ccccc32)c1-c1nc(-c2cc3ccccc3c3ccccc23)nc(-c2cc3ccccc3c3ccccc23)n1. The molecule has 15 aromatic rings. The van der Waals surface area contributed by atoms with Crippen molar-refractivity contribution in [1.29, 1.82) is 0 Å². The zero-order chi connectivity index (χ0) is 44.5. The fraction of sp³-hybridized carbons (Fsp3) is 0. The second kappa shape index (κ2) is 14.2. The zero-order valence-corrected chi connectivity index (χ0v) is 36.5. The van der Waals surface area contributed by atoms with Crippen LogP contribution in [-0.2, 0) is 0 Å². The minimum absolute atomic E-state index is 0.524. The fourth-order valence-corrected chi connectivity index (χ4v) is 11.0. The van der Waals surface area contributed by atoms with Crippen LogP contribution in [0.15, 0.2) is 223 Å². The molecule has 15 rings (SSSR count). The Bertz CT molecular complexity index is 4410. The van der Waals surface area contributed by atoms with Crippen LogP contribution in [0.2, 0.25) is 0 Å². The minimum Gasteiger partial charge on any atom is -0.455 e. The summed E-state index contributed by atoms with van der Waals surface area (Å²) >= 11 is 0. The maximum Gasteiger partial charge on any atom is 0.170 e. The molecule has 0 fully saturated rings. The fourth-order valence-electron chi connectivity index (χ4n) is 11.0. The van der Waals surface area contributed by atoms with Gasteiger partial charge in [-0.05, 0) is 119 Å². The number of aromatic nitrogens is 4. The molecule has 5 heteroatoms. The predicted octanol–water partition coefficient (Wildman–Crippen LogP) is 16.8. The molecule has 0 aliphatic carbocycles. The van der Waals surface area contributed by atoms with Gasteiger partial charge in [-0.25, -0.2) is 15.0 Å². The first-order valence-electron chi connectivity index (χ1n) is 23.1. The first-order valence-corrected chi connectivity index (χ1v) is 23.1. The largest absolute Gasteiger partial charge is 0.455 e. The molecule has 0 saturated heterocycles. The summed E-state index contributed by atoms with van der Waals surface area (Å²) in [6, 6.07) is 78.1. The molecule has 0 unspecified atom stereocenters. The maximum absolute atomic E-state index is 7.07. The van der Waals surface area contributed by atoms with Gasteiger partial charge in [0.2, 0.25) is 0 Å². The Morgan fingerprint density at radius 2 is 0.706 bits per heavy atom. The average Bonchev–Trinajstić information content (AvgIpc) is 3.93. The molecular weight excluding hydrogens is 829 g/mol. The standard InChI is InChI=1S/C63H36N4O/c1-3-17-39-35-56-51(31-37(39)15-1)52-32-38-16-2-4-18-40(38)36-57(52)67(56)55-30-29-50-49-27-13-14-28-58(49)68-60(50)59(55)63-65-61(53-33-41-19-5-7-21-43(41)45-23-9-11-25-47(45)53)64-62(66-63)54-34-42-20-6-8-22-44(42)46-24-10-12-26-48(46)54/h1-36H. The summed E-state index contributed by atoms with van der Waals surface area (Å²) in [6.45, 7) is 0. The molecule has 3 heterocycles. The van der Waals surface area contributed by atoms with Gasteiger partial charge < -0.3 is 8.98 Å². The number of fused-ring (bicyclic) bond motifs is 14. The third-order valence-electron chi connectivity index (χ3n) is 14.1. The van der Waals surface area contributed by atoms with Gasteiger partial charge in [0.05, 0.1) is 22.3 Å². The van der Waals surface area contributed by atoms with Crippen LogP contribution in [0.4, 0.5) is 0 Å². The molecule has 0 N–H and O–H groups in total. The zero-order valence-electron chi connectivity index (χ0n) is 36.5. The Labute approximate surface area is 388 Å². The van der Waals surface area contributed by atoms with E-state index in [1.807, 2.05) is 12.1 Å². The van der Waals surface area contributed by atoms with Gasteiger partial charge in [0, 0.05) is 32.7 Å². The van der Waals surface area contributed by atoms with E-state index >= 15 is 0 Å². The van der Waals surface area contributed by atoms with Gasteiger partial charge in [-0.2, -0.15) is 0 Å². The second-order valence-corrected chi connectivity index (χ2v) is 17.9. The average molecular weight is 865 g/mol. The van der Waals surface area contributed by atoms with Gasteiger partial charge in [-0.15, -0.1) is 0 Å². The topological polar surface area (TPSA) is 56.7 Å².